The molecular weight excluding hydrogens is 286 g/mol. The first-order valence-corrected chi connectivity index (χ1v) is 8.22. The molecule has 118 valence electrons. The molecule has 0 saturated heterocycles. The Labute approximate surface area is 131 Å². The van der Waals surface area contributed by atoms with Crippen molar-refractivity contribution in [3.63, 3.8) is 0 Å². The van der Waals surface area contributed by atoms with Gasteiger partial charge in [-0.25, -0.2) is 0 Å². The first kappa shape index (κ1) is 17.9. The molecule has 1 rings (SSSR count). The van der Waals surface area contributed by atoms with Gasteiger partial charge in [-0.15, -0.1) is 11.8 Å². The Morgan fingerprint density at radius 1 is 1.29 bits per heavy atom. The Hall–Kier alpha value is -1.20. The summed E-state index contributed by atoms with van der Waals surface area (Å²) in [7, 11) is 1.63. The molecule has 0 spiro atoms. The SMILES string of the molecule is CCC(CC)(CO)CNC(=O)CSc1ccc(OC)cc1. The van der Waals surface area contributed by atoms with Crippen molar-refractivity contribution in [2.45, 2.75) is 31.6 Å². The van der Waals surface area contributed by atoms with E-state index in [1.165, 1.54) is 11.8 Å². The highest BCUT2D eigenvalue weighted by Gasteiger charge is 2.25. The van der Waals surface area contributed by atoms with Gasteiger partial charge in [0.15, 0.2) is 0 Å². The van der Waals surface area contributed by atoms with E-state index < -0.39 is 0 Å². The lowest BCUT2D eigenvalue weighted by molar-refractivity contribution is -0.119. The number of hydrogen-bond acceptors (Lipinski definition) is 4. The van der Waals surface area contributed by atoms with Gasteiger partial charge in [0.05, 0.1) is 19.5 Å². The van der Waals surface area contributed by atoms with Gasteiger partial charge >= 0.3 is 0 Å². The van der Waals surface area contributed by atoms with Crippen LogP contribution >= 0.6 is 11.8 Å². The van der Waals surface area contributed by atoms with Crippen LogP contribution in [0.4, 0.5) is 0 Å². The van der Waals surface area contributed by atoms with E-state index in [1.807, 2.05) is 38.1 Å². The number of carbonyl (C=O) groups is 1. The number of aliphatic hydroxyl groups excluding tert-OH is 1. The lowest BCUT2D eigenvalue weighted by Gasteiger charge is -2.29. The van der Waals surface area contributed by atoms with Crippen LogP contribution in [0.5, 0.6) is 5.75 Å². The average molecular weight is 311 g/mol. The Bertz CT molecular complexity index is 421. The third kappa shape index (κ3) is 5.59. The zero-order chi connectivity index (χ0) is 15.7. The summed E-state index contributed by atoms with van der Waals surface area (Å²) in [6.45, 7) is 4.71. The van der Waals surface area contributed by atoms with E-state index in [0.29, 0.717) is 12.3 Å². The van der Waals surface area contributed by atoms with Crippen molar-refractivity contribution in [2.24, 2.45) is 5.41 Å². The summed E-state index contributed by atoms with van der Waals surface area (Å²) < 4.78 is 5.10. The molecule has 0 bridgehead atoms. The standard InChI is InChI=1S/C16H25NO3S/c1-4-16(5-2,12-18)11-17-15(19)10-21-14-8-6-13(20-3)7-9-14/h6-9,18H,4-5,10-12H2,1-3H3,(H,17,19). The van der Waals surface area contributed by atoms with Crippen molar-refractivity contribution in [2.75, 3.05) is 26.0 Å². The van der Waals surface area contributed by atoms with Crippen LogP contribution in [-0.4, -0.2) is 37.0 Å². The van der Waals surface area contributed by atoms with Crippen LogP contribution in [0.1, 0.15) is 26.7 Å². The predicted molar refractivity (Wildman–Crippen MR) is 86.8 cm³/mol. The number of hydrogen-bond donors (Lipinski definition) is 2. The van der Waals surface area contributed by atoms with E-state index in [4.69, 9.17) is 4.74 Å². The van der Waals surface area contributed by atoms with Crippen molar-refractivity contribution in [3.05, 3.63) is 24.3 Å². The third-order valence-electron chi connectivity index (χ3n) is 3.93. The molecule has 0 saturated carbocycles. The molecule has 0 aromatic heterocycles. The second kappa shape index (κ2) is 8.95. The molecule has 0 fully saturated rings. The molecular formula is C16H25NO3S. The van der Waals surface area contributed by atoms with E-state index in [0.717, 1.165) is 23.5 Å². The van der Waals surface area contributed by atoms with E-state index in [2.05, 4.69) is 5.32 Å². The zero-order valence-electron chi connectivity index (χ0n) is 13.0. The first-order chi connectivity index (χ1) is 10.1. The van der Waals surface area contributed by atoms with Crippen LogP contribution in [0, 0.1) is 5.41 Å². The molecule has 1 aromatic carbocycles. The van der Waals surface area contributed by atoms with Crippen molar-refractivity contribution in [1.82, 2.24) is 5.32 Å². The number of methoxy groups -OCH3 is 1. The highest BCUT2D eigenvalue weighted by Crippen LogP contribution is 2.25. The summed E-state index contributed by atoms with van der Waals surface area (Å²) in [5.74, 6) is 1.18. The molecule has 2 N–H and O–H groups in total. The maximum absolute atomic E-state index is 11.9. The van der Waals surface area contributed by atoms with Crippen LogP contribution in [0.3, 0.4) is 0 Å². The summed E-state index contributed by atoms with van der Waals surface area (Å²) in [6, 6.07) is 7.64. The molecule has 5 heteroatoms. The lowest BCUT2D eigenvalue weighted by Crippen LogP contribution is -2.40. The minimum Gasteiger partial charge on any atom is -0.497 e. The molecule has 21 heavy (non-hydrogen) atoms. The molecule has 0 radical (unpaired) electrons. The van der Waals surface area contributed by atoms with Crippen LogP contribution in [0.15, 0.2) is 29.2 Å². The van der Waals surface area contributed by atoms with Crippen molar-refractivity contribution < 1.29 is 14.6 Å². The van der Waals surface area contributed by atoms with E-state index in [9.17, 15) is 9.90 Å². The van der Waals surface area contributed by atoms with Gasteiger partial charge in [-0.05, 0) is 37.1 Å². The van der Waals surface area contributed by atoms with E-state index in [-0.39, 0.29) is 17.9 Å². The summed E-state index contributed by atoms with van der Waals surface area (Å²) in [5, 5.41) is 12.4. The fraction of sp³-hybridized carbons (Fsp3) is 0.562. The average Bonchev–Trinajstić information content (AvgIpc) is 2.55. The van der Waals surface area contributed by atoms with Gasteiger partial charge in [0.1, 0.15) is 5.75 Å². The van der Waals surface area contributed by atoms with Gasteiger partial charge in [-0.3, -0.25) is 4.79 Å². The lowest BCUT2D eigenvalue weighted by atomic mass is 9.83. The maximum Gasteiger partial charge on any atom is 0.230 e. The van der Waals surface area contributed by atoms with E-state index in [1.54, 1.807) is 7.11 Å². The second-order valence-electron chi connectivity index (χ2n) is 5.11. The number of thioether (sulfide) groups is 1. The molecule has 0 atom stereocenters. The molecule has 0 heterocycles. The number of ether oxygens (including phenoxy) is 1. The van der Waals surface area contributed by atoms with Crippen LogP contribution in [-0.2, 0) is 4.79 Å². The molecule has 0 aliphatic carbocycles. The Kier molecular flexibility index (Phi) is 7.61. The highest BCUT2D eigenvalue weighted by molar-refractivity contribution is 8.00. The van der Waals surface area contributed by atoms with Gasteiger partial charge in [0, 0.05) is 16.9 Å². The van der Waals surface area contributed by atoms with Crippen molar-refractivity contribution in [1.29, 1.82) is 0 Å². The molecule has 0 unspecified atom stereocenters. The van der Waals surface area contributed by atoms with E-state index >= 15 is 0 Å². The van der Waals surface area contributed by atoms with Gasteiger partial charge < -0.3 is 15.2 Å². The van der Waals surface area contributed by atoms with Gasteiger partial charge in [0.2, 0.25) is 5.91 Å². The largest absolute Gasteiger partial charge is 0.497 e. The van der Waals surface area contributed by atoms with Crippen LogP contribution in [0.2, 0.25) is 0 Å². The number of carbonyl (C=O) groups excluding carboxylic acids is 1. The number of amides is 1. The monoisotopic (exact) mass is 311 g/mol. The molecule has 1 amide bonds. The van der Waals surface area contributed by atoms with Crippen LogP contribution < -0.4 is 10.1 Å². The minimum atomic E-state index is -0.194. The summed E-state index contributed by atoms with van der Waals surface area (Å²) >= 11 is 1.49. The van der Waals surface area contributed by atoms with Gasteiger partial charge in [-0.1, -0.05) is 13.8 Å². The first-order valence-electron chi connectivity index (χ1n) is 7.23. The fourth-order valence-electron chi connectivity index (χ4n) is 1.94. The number of nitrogens with one attached hydrogen (secondary N) is 1. The molecule has 0 aliphatic heterocycles. The number of benzene rings is 1. The topological polar surface area (TPSA) is 58.6 Å². The predicted octanol–water partition coefficient (Wildman–Crippen LogP) is 2.70. The Morgan fingerprint density at radius 3 is 2.38 bits per heavy atom. The van der Waals surface area contributed by atoms with Crippen LogP contribution in [0.25, 0.3) is 0 Å². The van der Waals surface area contributed by atoms with Gasteiger partial charge in [-0.2, -0.15) is 0 Å². The minimum absolute atomic E-state index is 0.00413. The summed E-state index contributed by atoms with van der Waals surface area (Å²) in [6.07, 6.45) is 1.71. The van der Waals surface area contributed by atoms with Crippen molar-refractivity contribution in [3.8, 4) is 5.75 Å². The quantitative estimate of drug-likeness (QED) is 0.689. The smallest absolute Gasteiger partial charge is 0.230 e. The van der Waals surface area contributed by atoms with Crippen molar-refractivity contribution >= 4 is 17.7 Å². The normalized spacial score (nSPS) is 11.2. The molecule has 1 aromatic rings. The number of aliphatic hydroxyl groups is 1. The summed E-state index contributed by atoms with van der Waals surface area (Å²) in [4.78, 5) is 12.9. The second-order valence-corrected chi connectivity index (χ2v) is 6.15. The summed E-state index contributed by atoms with van der Waals surface area (Å²) in [5.41, 5.74) is -0.194. The molecule has 4 nitrogen and oxygen atoms in total. The number of rotatable bonds is 9. The fourth-order valence-corrected chi connectivity index (χ4v) is 2.67. The zero-order valence-corrected chi connectivity index (χ0v) is 13.8. The highest BCUT2D eigenvalue weighted by atomic mass is 32.2. The maximum atomic E-state index is 11.9. The third-order valence-corrected chi connectivity index (χ3v) is 4.94. The molecule has 0 aliphatic rings. The van der Waals surface area contributed by atoms with Gasteiger partial charge in [0.25, 0.3) is 0 Å². The Morgan fingerprint density at radius 2 is 1.90 bits per heavy atom. The Balaban J connectivity index is 2.39.